The normalized spacial score (nSPS) is 11.5. The van der Waals surface area contributed by atoms with Gasteiger partial charge in [0.25, 0.3) is 0 Å². The second-order valence-electron chi connectivity index (χ2n) is 4.13. The molecule has 2 rings (SSSR count). The molecule has 10 heteroatoms. The Bertz CT molecular complexity index is 770. The van der Waals surface area contributed by atoms with Crippen molar-refractivity contribution >= 4 is 22.0 Å². The van der Waals surface area contributed by atoms with Gasteiger partial charge in [0.15, 0.2) is 0 Å². The molecule has 0 aliphatic heterocycles. The van der Waals surface area contributed by atoms with Gasteiger partial charge in [-0.2, -0.15) is 5.10 Å². The minimum atomic E-state index is -1.03. The third kappa shape index (κ3) is 3.79. The monoisotopic (exact) mass is 371 g/mol. The maximum Gasteiger partial charge on any atom is 0.404 e. The smallest absolute Gasteiger partial charge is 0.404 e. The van der Waals surface area contributed by atoms with Crippen LogP contribution in [0.3, 0.4) is 0 Å². The van der Waals surface area contributed by atoms with Gasteiger partial charge in [-0.3, -0.25) is 0 Å². The highest BCUT2D eigenvalue weighted by Crippen LogP contribution is 2.08. The summed E-state index contributed by atoms with van der Waals surface area (Å²) < 4.78 is 20.0. The van der Waals surface area contributed by atoms with Gasteiger partial charge in [-0.05, 0) is 28.1 Å². The number of hydrogen-bond donors (Lipinski definition) is 1. The number of primary amides is 1. The molecule has 2 aromatic heterocycles. The van der Waals surface area contributed by atoms with E-state index in [1.54, 1.807) is 18.2 Å². The van der Waals surface area contributed by atoms with Crippen LogP contribution in [0.15, 0.2) is 45.8 Å². The molecule has 1 amide bonds. The minimum absolute atomic E-state index is 0.0355. The van der Waals surface area contributed by atoms with Crippen molar-refractivity contribution in [2.24, 2.45) is 5.73 Å². The fraction of sp³-hybridized carbons (Fsp3) is 0.167. The lowest BCUT2D eigenvalue weighted by Gasteiger charge is -2.05. The Balaban J connectivity index is 2.21. The van der Waals surface area contributed by atoms with E-state index in [1.807, 2.05) is 0 Å². The van der Waals surface area contributed by atoms with E-state index in [9.17, 15) is 14.0 Å². The molecular formula is C12H11BrFN5O3. The van der Waals surface area contributed by atoms with Gasteiger partial charge in [0.2, 0.25) is 0 Å². The maximum absolute atomic E-state index is 12.7. The number of amides is 1. The molecular weight excluding hydrogens is 361 g/mol. The fourth-order valence-corrected chi connectivity index (χ4v) is 1.94. The second-order valence-corrected chi connectivity index (χ2v) is 4.95. The van der Waals surface area contributed by atoms with Crippen molar-refractivity contribution < 1.29 is 13.9 Å². The average molecular weight is 372 g/mol. The van der Waals surface area contributed by atoms with E-state index < -0.39 is 11.8 Å². The third-order valence-corrected chi connectivity index (χ3v) is 3.03. The number of ether oxygens (including phenoxy) is 1. The van der Waals surface area contributed by atoms with E-state index >= 15 is 0 Å². The summed E-state index contributed by atoms with van der Waals surface area (Å²) in [5, 5.41) is 3.87. The molecule has 0 aliphatic carbocycles. The quantitative estimate of drug-likeness (QED) is 0.793. The highest BCUT2D eigenvalue weighted by Gasteiger charge is 2.11. The molecule has 0 aliphatic rings. The van der Waals surface area contributed by atoms with Crippen LogP contribution in [0.5, 0.6) is 0 Å². The van der Waals surface area contributed by atoms with Crippen LogP contribution in [0.25, 0.3) is 5.82 Å². The van der Waals surface area contributed by atoms with Crippen molar-refractivity contribution in [3.05, 3.63) is 51.5 Å². The molecule has 22 heavy (non-hydrogen) atoms. The van der Waals surface area contributed by atoms with Gasteiger partial charge in [-0.15, -0.1) is 0 Å². The predicted molar refractivity (Wildman–Crippen MR) is 78.0 cm³/mol. The predicted octanol–water partition coefficient (Wildman–Crippen LogP) is 1.14. The van der Waals surface area contributed by atoms with Crippen molar-refractivity contribution in [2.75, 3.05) is 6.61 Å². The summed E-state index contributed by atoms with van der Waals surface area (Å²) in [6.45, 7) is -0.538. The topological polar surface area (TPSA) is 105 Å². The number of carbonyl (C=O) groups is 1. The summed E-state index contributed by atoms with van der Waals surface area (Å²) in [4.78, 5) is 26.8. The standard InChI is InChI=1S/C12H11BrFN5O3/c13-9-2-1-3-10(17-9)18-7-16-19(12(18)21)5-8(4-14)6-22-11(15)20/h1-4,7H,5-6H2,(H2,15,20)/b8-4+. The number of aromatic nitrogens is 4. The zero-order valence-electron chi connectivity index (χ0n) is 11.1. The average Bonchev–Trinajstić information content (AvgIpc) is 2.84. The lowest BCUT2D eigenvalue weighted by molar-refractivity contribution is 0.164. The first kappa shape index (κ1) is 15.9. The van der Waals surface area contributed by atoms with Crippen LogP contribution in [-0.2, 0) is 11.3 Å². The molecule has 0 fully saturated rings. The highest BCUT2D eigenvalue weighted by molar-refractivity contribution is 9.10. The largest absolute Gasteiger partial charge is 0.445 e. The van der Waals surface area contributed by atoms with E-state index in [2.05, 4.69) is 30.7 Å². The van der Waals surface area contributed by atoms with Crippen LogP contribution >= 0.6 is 15.9 Å². The second kappa shape index (κ2) is 6.98. The molecule has 2 N–H and O–H groups in total. The highest BCUT2D eigenvalue weighted by atomic mass is 79.9. The van der Waals surface area contributed by atoms with Crippen LogP contribution < -0.4 is 11.4 Å². The lowest BCUT2D eigenvalue weighted by atomic mass is 10.3. The third-order valence-electron chi connectivity index (χ3n) is 2.59. The Morgan fingerprint density at radius 2 is 2.27 bits per heavy atom. The Morgan fingerprint density at radius 1 is 1.50 bits per heavy atom. The van der Waals surface area contributed by atoms with Crippen LogP contribution in [0.1, 0.15) is 0 Å². The van der Waals surface area contributed by atoms with Crippen LogP contribution in [-0.4, -0.2) is 32.0 Å². The Morgan fingerprint density at radius 3 is 2.91 bits per heavy atom. The number of pyridine rings is 1. The molecule has 0 unspecified atom stereocenters. The van der Waals surface area contributed by atoms with E-state index in [-0.39, 0.29) is 25.1 Å². The summed E-state index contributed by atoms with van der Waals surface area (Å²) in [6.07, 6.45) is 0.476. The maximum atomic E-state index is 12.7. The van der Waals surface area contributed by atoms with Gasteiger partial charge < -0.3 is 10.5 Å². The number of halogens is 2. The molecule has 0 saturated carbocycles. The molecule has 8 nitrogen and oxygen atoms in total. The first-order chi connectivity index (χ1) is 10.5. The fourth-order valence-electron chi connectivity index (χ4n) is 1.60. The van der Waals surface area contributed by atoms with Gasteiger partial charge >= 0.3 is 11.8 Å². The van der Waals surface area contributed by atoms with Gasteiger partial charge in [0.1, 0.15) is 23.4 Å². The molecule has 0 bridgehead atoms. The number of hydrogen-bond acceptors (Lipinski definition) is 5. The first-order valence-corrected chi connectivity index (χ1v) is 6.78. The molecule has 0 saturated heterocycles. The number of rotatable bonds is 5. The van der Waals surface area contributed by atoms with Gasteiger partial charge in [-0.25, -0.2) is 28.2 Å². The molecule has 0 radical (unpaired) electrons. The molecule has 0 aromatic carbocycles. The van der Waals surface area contributed by atoms with Crippen LogP contribution in [0.4, 0.5) is 9.18 Å². The zero-order chi connectivity index (χ0) is 16.1. The van der Waals surface area contributed by atoms with E-state index in [0.717, 1.165) is 4.68 Å². The van der Waals surface area contributed by atoms with Gasteiger partial charge in [0, 0.05) is 5.57 Å². The SMILES string of the molecule is NC(=O)OC/C(=C/F)Cn1ncn(-c2cccc(Br)n2)c1=O. The van der Waals surface area contributed by atoms with E-state index in [0.29, 0.717) is 10.4 Å². The summed E-state index contributed by atoms with van der Waals surface area (Å²) in [7, 11) is 0. The number of nitrogens with zero attached hydrogens (tertiary/aromatic N) is 4. The number of nitrogens with two attached hydrogens (primary N) is 1. The van der Waals surface area contributed by atoms with Crippen molar-refractivity contribution in [3.8, 4) is 5.82 Å². The van der Waals surface area contributed by atoms with E-state index in [4.69, 9.17) is 5.73 Å². The van der Waals surface area contributed by atoms with Crippen molar-refractivity contribution in [1.29, 1.82) is 0 Å². The first-order valence-electron chi connectivity index (χ1n) is 5.99. The van der Waals surface area contributed by atoms with Crippen molar-refractivity contribution in [1.82, 2.24) is 19.3 Å². The Labute approximate surface area is 132 Å². The zero-order valence-corrected chi connectivity index (χ0v) is 12.7. The van der Waals surface area contributed by atoms with Crippen molar-refractivity contribution in [2.45, 2.75) is 6.54 Å². The Kier molecular flexibility index (Phi) is 5.04. The Hall–Kier alpha value is -2.49. The van der Waals surface area contributed by atoms with Crippen molar-refractivity contribution in [3.63, 3.8) is 0 Å². The molecule has 2 heterocycles. The molecule has 2 aromatic rings. The summed E-state index contributed by atoms with van der Waals surface area (Å²) in [5.74, 6) is 0.366. The van der Waals surface area contributed by atoms with Crippen LogP contribution in [0.2, 0.25) is 0 Å². The van der Waals surface area contributed by atoms with Gasteiger partial charge in [-0.1, -0.05) is 6.07 Å². The number of carbonyl (C=O) groups excluding carboxylic acids is 1. The molecule has 116 valence electrons. The van der Waals surface area contributed by atoms with E-state index in [1.165, 1.54) is 10.9 Å². The lowest BCUT2D eigenvalue weighted by Crippen LogP contribution is -2.26. The summed E-state index contributed by atoms with van der Waals surface area (Å²) in [5.41, 5.74) is 4.33. The minimum Gasteiger partial charge on any atom is -0.445 e. The van der Waals surface area contributed by atoms with Gasteiger partial charge in [0.05, 0.1) is 12.9 Å². The molecule has 0 spiro atoms. The van der Waals surface area contributed by atoms with Crippen LogP contribution in [0, 0.1) is 0 Å². The molecule has 0 atom stereocenters. The summed E-state index contributed by atoms with van der Waals surface area (Å²) >= 11 is 3.20. The summed E-state index contributed by atoms with van der Waals surface area (Å²) in [6, 6.07) is 5.05.